The van der Waals surface area contributed by atoms with Gasteiger partial charge in [-0.15, -0.1) is 0 Å². The van der Waals surface area contributed by atoms with Crippen molar-refractivity contribution >= 4 is 49.1 Å². The van der Waals surface area contributed by atoms with Gasteiger partial charge in [0.2, 0.25) is 5.91 Å². The molecule has 2 rings (SSSR count). The summed E-state index contributed by atoms with van der Waals surface area (Å²) in [4.78, 5) is 11.4. The van der Waals surface area contributed by atoms with Crippen LogP contribution in [0.3, 0.4) is 0 Å². The molecule has 2 aromatic rings. The number of benzene rings is 2. The maximum atomic E-state index is 13.0. The molecule has 0 heterocycles. The highest BCUT2D eigenvalue weighted by Crippen LogP contribution is 2.34. The van der Waals surface area contributed by atoms with Gasteiger partial charge in [0.1, 0.15) is 12.3 Å². The molecule has 0 aliphatic heterocycles. The Hall–Kier alpha value is -1.77. The molecule has 0 aromatic heterocycles. The molecule has 128 valence electrons. The molecule has 0 aliphatic carbocycles. The highest BCUT2D eigenvalue weighted by Gasteiger charge is 2.29. The van der Waals surface area contributed by atoms with Crippen LogP contribution in [-0.2, 0) is 14.8 Å². The van der Waals surface area contributed by atoms with E-state index in [0.717, 1.165) is 8.78 Å². The lowest BCUT2D eigenvalue weighted by Crippen LogP contribution is -2.38. The molecule has 0 saturated carbocycles. The van der Waals surface area contributed by atoms with Gasteiger partial charge in [-0.1, -0.05) is 27.5 Å². The number of nitrogens with two attached hydrogens (primary N) is 1. The predicted molar refractivity (Wildman–Crippen MR) is 95.9 cm³/mol. The van der Waals surface area contributed by atoms with Crippen LogP contribution in [0.4, 0.5) is 5.69 Å². The summed E-state index contributed by atoms with van der Waals surface area (Å²) in [5, 5.41) is 0.297. The normalized spacial score (nSPS) is 11.1. The summed E-state index contributed by atoms with van der Waals surface area (Å²) in [6, 6.07) is 10.5. The van der Waals surface area contributed by atoms with E-state index in [4.69, 9.17) is 22.1 Å². The summed E-state index contributed by atoms with van der Waals surface area (Å²) in [6.07, 6.45) is 0. The lowest BCUT2D eigenvalue weighted by molar-refractivity contribution is -0.116. The maximum absolute atomic E-state index is 13.0. The molecule has 9 heteroatoms. The van der Waals surface area contributed by atoms with E-state index in [0.29, 0.717) is 5.02 Å². The zero-order valence-corrected chi connectivity index (χ0v) is 15.7. The predicted octanol–water partition coefficient (Wildman–Crippen LogP) is 2.79. The first-order chi connectivity index (χ1) is 11.3. The van der Waals surface area contributed by atoms with Gasteiger partial charge in [0, 0.05) is 9.50 Å². The number of amides is 1. The Bertz CT molecular complexity index is 856. The number of methoxy groups -OCH3 is 1. The van der Waals surface area contributed by atoms with Crippen molar-refractivity contribution in [1.82, 2.24) is 0 Å². The van der Waals surface area contributed by atoms with Crippen LogP contribution in [0.5, 0.6) is 5.75 Å². The molecule has 0 unspecified atom stereocenters. The number of carbonyl (C=O) groups excluding carboxylic acids is 1. The molecule has 0 aliphatic rings. The summed E-state index contributed by atoms with van der Waals surface area (Å²) >= 11 is 9.22. The molecule has 0 bridgehead atoms. The fourth-order valence-corrected chi connectivity index (χ4v) is 3.90. The largest absolute Gasteiger partial charge is 0.495 e. The third-order valence-electron chi connectivity index (χ3n) is 3.11. The monoisotopic (exact) mass is 432 g/mol. The van der Waals surface area contributed by atoms with Gasteiger partial charge in [-0.05, 0) is 42.5 Å². The summed E-state index contributed by atoms with van der Waals surface area (Å²) < 4.78 is 32.7. The number of halogens is 2. The SMILES string of the molecule is COc1ccc(Cl)cc1N(CC(N)=O)S(=O)(=O)c1ccc(Br)cc1. The van der Waals surface area contributed by atoms with E-state index in [9.17, 15) is 13.2 Å². The van der Waals surface area contributed by atoms with Gasteiger partial charge < -0.3 is 10.5 Å². The second-order valence-electron chi connectivity index (χ2n) is 4.75. The molecular formula is C15H14BrClN2O4S. The molecule has 0 saturated heterocycles. The molecule has 0 radical (unpaired) electrons. The lowest BCUT2D eigenvalue weighted by atomic mass is 10.3. The number of sulfonamides is 1. The Morgan fingerprint density at radius 3 is 2.42 bits per heavy atom. The van der Waals surface area contributed by atoms with Crippen LogP contribution in [0.25, 0.3) is 0 Å². The summed E-state index contributed by atoms with van der Waals surface area (Å²) in [7, 11) is -2.65. The molecule has 1 amide bonds. The van der Waals surface area contributed by atoms with Gasteiger partial charge in [-0.25, -0.2) is 8.42 Å². The third-order valence-corrected chi connectivity index (χ3v) is 5.65. The molecule has 2 aromatic carbocycles. The van der Waals surface area contributed by atoms with Gasteiger partial charge in [0.05, 0.1) is 17.7 Å². The van der Waals surface area contributed by atoms with Crippen molar-refractivity contribution in [2.45, 2.75) is 4.90 Å². The average molecular weight is 434 g/mol. The zero-order valence-electron chi connectivity index (χ0n) is 12.6. The second kappa shape index (κ2) is 7.42. The van der Waals surface area contributed by atoms with Gasteiger partial charge >= 0.3 is 0 Å². The first-order valence-electron chi connectivity index (χ1n) is 6.66. The Morgan fingerprint density at radius 1 is 1.25 bits per heavy atom. The van der Waals surface area contributed by atoms with Crippen LogP contribution in [0.15, 0.2) is 51.8 Å². The molecule has 24 heavy (non-hydrogen) atoms. The number of nitrogens with zero attached hydrogens (tertiary/aromatic N) is 1. The minimum absolute atomic E-state index is 0.00831. The van der Waals surface area contributed by atoms with Gasteiger partial charge in [0.25, 0.3) is 10.0 Å². The first kappa shape index (κ1) is 18.6. The van der Waals surface area contributed by atoms with Gasteiger partial charge in [-0.3, -0.25) is 9.10 Å². The van der Waals surface area contributed by atoms with Crippen molar-refractivity contribution in [3.05, 3.63) is 52.0 Å². The number of primary amides is 1. The first-order valence-corrected chi connectivity index (χ1v) is 9.27. The number of hydrogen-bond acceptors (Lipinski definition) is 4. The summed E-state index contributed by atoms with van der Waals surface area (Å²) in [5.41, 5.74) is 5.36. The maximum Gasteiger partial charge on any atom is 0.264 e. The van der Waals surface area contributed by atoms with Gasteiger partial charge in [0.15, 0.2) is 0 Å². The molecule has 6 nitrogen and oxygen atoms in total. The van der Waals surface area contributed by atoms with E-state index in [1.54, 1.807) is 18.2 Å². The fraction of sp³-hybridized carbons (Fsp3) is 0.133. The number of ether oxygens (including phenoxy) is 1. The highest BCUT2D eigenvalue weighted by molar-refractivity contribution is 9.10. The molecule has 0 spiro atoms. The smallest absolute Gasteiger partial charge is 0.264 e. The van der Waals surface area contributed by atoms with Crippen molar-refractivity contribution in [2.75, 3.05) is 18.0 Å². The van der Waals surface area contributed by atoms with E-state index in [2.05, 4.69) is 15.9 Å². The average Bonchev–Trinajstić information content (AvgIpc) is 2.52. The highest BCUT2D eigenvalue weighted by atomic mass is 79.9. The Kier molecular flexibility index (Phi) is 5.74. The van der Waals surface area contributed by atoms with Crippen LogP contribution in [0, 0.1) is 0 Å². The van der Waals surface area contributed by atoms with E-state index in [1.165, 1.54) is 31.4 Å². The van der Waals surface area contributed by atoms with Crippen molar-refractivity contribution in [3.8, 4) is 5.75 Å². The standard InChI is InChI=1S/C15H14BrClN2O4S/c1-23-14-7-4-11(17)8-13(14)19(9-15(18)20)24(21,22)12-5-2-10(16)3-6-12/h2-8H,9H2,1H3,(H2,18,20). The number of hydrogen-bond donors (Lipinski definition) is 1. The summed E-state index contributed by atoms with van der Waals surface area (Å²) in [6.45, 7) is -0.547. The number of carbonyl (C=O) groups is 1. The minimum Gasteiger partial charge on any atom is -0.495 e. The van der Waals surface area contributed by atoms with E-state index >= 15 is 0 Å². The minimum atomic E-state index is -4.04. The molecule has 2 N–H and O–H groups in total. The van der Waals surface area contributed by atoms with E-state index in [1.807, 2.05) is 0 Å². The fourth-order valence-electron chi connectivity index (χ4n) is 2.03. The van der Waals surface area contributed by atoms with E-state index in [-0.39, 0.29) is 16.3 Å². The molecule has 0 fully saturated rings. The van der Waals surface area contributed by atoms with Crippen LogP contribution >= 0.6 is 27.5 Å². The van der Waals surface area contributed by atoms with Crippen molar-refractivity contribution < 1.29 is 17.9 Å². The van der Waals surface area contributed by atoms with Crippen LogP contribution in [-0.4, -0.2) is 28.0 Å². The van der Waals surface area contributed by atoms with Crippen molar-refractivity contribution in [3.63, 3.8) is 0 Å². The van der Waals surface area contributed by atoms with Crippen molar-refractivity contribution in [1.29, 1.82) is 0 Å². The summed E-state index contributed by atoms with van der Waals surface area (Å²) in [5.74, 6) is -0.556. The topological polar surface area (TPSA) is 89.7 Å². The Morgan fingerprint density at radius 2 is 1.88 bits per heavy atom. The Labute approximate surface area is 153 Å². The lowest BCUT2D eigenvalue weighted by Gasteiger charge is -2.25. The van der Waals surface area contributed by atoms with Crippen LogP contribution in [0.1, 0.15) is 0 Å². The van der Waals surface area contributed by atoms with E-state index < -0.39 is 22.5 Å². The molecule has 0 atom stereocenters. The zero-order chi connectivity index (χ0) is 17.9. The second-order valence-corrected chi connectivity index (χ2v) is 7.96. The van der Waals surface area contributed by atoms with Crippen LogP contribution < -0.4 is 14.8 Å². The van der Waals surface area contributed by atoms with Crippen LogP contribution in [0.2, 0.25) is 5.02 Å². The number of anilines is 1. The van der Waals surface area contributed by atoms with Gasteiger partial charge in [-0.2, -0.15) is 0 Å². The molecular weight excluding hydrogens is 420 g/mol. The third kappa shape index (κ3) is 4.00. The van der Waals surface area contributed by atoms with Crippen molar-refractivity contribution in [2.24, 2.45) is 5.73 Å². The Balaban J connectivity index is 2.63. The quantitative estimate of drug-likeness (QED) is 0.758. The number of rotatable bonds is 6.